The summed E-state index contributed by atoms with van der Waals surface area (Å²) < 4.78 is 0. The second kappa shape index (κ2) is 8.97. The van der Waals surface area contributed by atoms with Crippen molar-refractivity contribution in [3.8, 4) is 0 Å². The SMILES string of the molecule is CCCCN(C)C(=O)c1ccnc(C(=O)NCc2cccc(C)c2)c1. The molecule has 2 amide bonds. The van der Waals surface area contributed by atoms with E-state index in [1.165, 1.54) is 6.20 Å². The fourth-order valence-electron chi connectivity index (χ4n) is 2.50. The van der Waals surface area contributed by atoms with Gasteiger partial charge in [0.25, 0.3) is 11.8 Å². The van der Waals surface area contributed by atoms with Gasteiger partial charge in [0.15, 0.2) is 0 Å². The summed E-state index contributed by atoms with van der Waals surface area (Å²) in [6.45, 7) is 5.22. The standard InChI is InChI=1S/C20H25N3O2/c1-4-5-11-23(3)20(25)17-9-10-21-18(13-17)19(24)22-14-16-8-6-7-15(2)12-16/h6-10,12-13H,4-5,11,14H2,1-3H3,(H,22,24). The van der Waals surface area contributed by atoms with E-state index in [1.807, 2.05) is 31.2 Å². The monoisotopic (exact) mass is 339 g/mol. The van der Waals surface area contributed by atoms with Gasteiger partial charge in [0.2, 0.25) is 0 Å². The first-order valence-electron chi connectivity index (χ1n) is 8.56. The molecule has 0 fully saturated rings. The summed E-state index contributed by atoms with van der Waals surface area (Å²) >= 11 is 0. The molecule has 1 heterocycles. The molecule has 0 saturated carbocycles. The van der Waals surface area contributed by atoms with Crippen LogP contribution in [0.4, 0.5) is 0 Å². The maximum Gasteiger partial charge on any atom is 0.270 e. The van der Waals surface area contributed by atoms with Crippen LogP contribution in [0.3, 0.4) is 0 Å². The lowest BCUT2D eigenvalue weighted by atomic mass is 10.1. The van der Waals surface area contributed by atoms with Crippen LogP contribution in [0, 0.1) is 6.92 Å². The molecule has 0 unspecified atom stereocenters. The van der Waals surface area contributed by atoms with Gasteiger partial charge < -0.3 is 10.2 Å². The number of hydrogen-bond donors (Lipinski definition) is 1. The number of unbranched alkanes of at least 4 members (excludes halogenated alkanes) is 1. The highest BCUT2D eigenvalue weighted by Gasteiger charge is 2.14. The van der Waals surface area contributed by atoms with E-state index < -0.39 is 0 Å². The van der Waals surface area contributed by atoms with Gasteiger partial charge in [0.05, 0.1) is 0 Å². The minimum absolute atomic E-state index is 0.0939. The third kappa shape index (κ3) is 5.41. The average Bonchev–Trinajstić information content (AvgIpc) is 2.63. The lowest BCUT2D eigenvalue weighted by Gasteiger charge is -2.16. The number of amides is 2. The van der Waals surface area contributed by atoms with Crippen LogP contribution in [0.1, 0.15) is 51.7 Å². The zero-order valence-corrected chi connectivity index (χ0v) is 15.1. The van der Waals surface area contributed by atoms with Crippen LogP contribution in [0.5, 0.6) is 0 Å². The molecule has 0 atom stereocenters. The molecule has 0 saturated heterocycles. The van der Waals surface area contributed by atoms with Crippen molar-refractivity contribution in [2.75, 3.05) is 13.6 Å². The smallest absolute Gasteiger partial charge is 0.270 e. The Morgan fingerprint density at radius 2 is 2.00 bits per heavy atom. The molecule has 5 heteroatoms. The number of nitrogens with zero attached hydrogens (tertiary/aromatic N) is 2. The third-order valence-electron chi connectivity index (χ3n) is 3.97. The largest absolute Gasteiger partial charge is 0.347 e. The normalized spacial score (nSPS) is 10.4. The molecule has 132 valence electrons. The summed E-state index contributed by atoms with van der Waals surface area (Å²) in [5, 5.41) is 2.85. The van der Waals surface area contributed by atoms with E-state index in [1.54, 1.807) is 24.1 Å². The van der Waals surface area contributed by atoms with Gasteiger partial charge in [-0.3, -0.25) is 14.6 Å². The van der Waals surface area contributed by atoms with E-state index in [9.17, 15) is 9.59 Å². The molecule has 0 aliphatic heterocycles. The van der Waals surface area contributed by atoms with Gasteiger partial charge in [-0.05, 0) is 31.0 Å². The van der Waals surface area contributed by atoms with Crippen LogP contribution in [-0.2, 0) is 6.54 Å². The average molecular weight is 339 g/mol. The number of carbonyl (C=O) groups excluding carboxylic acids is 2. The number of aryl methyl sites for hydroxylation is 1. The lowest BCUT2D eigenvalue weighted by Crippen LogP contribution is -2.29. The highest BCUT2D eigenvalue weighted by molar-refractivity contribution is 5.98. The molecule has 0 aliphatic carbocycles. The van der Waals surface area contributed by atoms with E-state index in [2.05, 4.69) is 17.2 Å². The number of aromatic nitrogens is 1. The fourth-order valence-corrected chi connectivity index (χ4v) is 2.50. The zero-order chi connectivity index (χ0) is 18.2. The Morgan fingerprint density at radius 3 is 2.72 bits per heavy atom. The lowest BCUT2D eigenvalue weighted by molar-refractivity contribution is 0.0793. The number of hydrogen-bond acceptors (Lipinski definition) is 3. The Bertz CT molecular complexity index is 743. The molecule has 1 N–H and O–H groups in total. The minimum atomic E-state index is -0.285. The summed E-state index contributed by atoms with van der Waals surface area (Å²) in [5.74, 6) is -0.379. The molecule has 2 rings (SSSR count). The third-order valence-corrected chi connectivity index (χ3v) is 3.97. The van der Waals surface area contributed by atoms with Crippen molar-refractivity contribution < 1.29 is 9.59 Å². The van der Waals surface area contributed by atoms with Gasteiger partial charge in [-0.25, -0.2) is 0 Å². The number of rotatable bonds is 7. The molecule has 25 heavy (non-hydrogen) atoms. The van der Waals surface area contributed by atoms with Gasteiger partial charge >= 0.3 is 0 Å². The van der Waals surface area contributed by atoms with E-state index in [-0.39, 0.29) is 17.5 Å². The summed E-state index contributed by atoms with van der Waals surface area (Å²) in [5.41, 5.74) is 2.91. The van der Waals surface area contributed by atoms with E-state index in [0.717, 1.165) is 24.0 Å². The maximum atomic E-state index is 12.4. The molecular formula is C20H25N3O2. The van der Waals surface area contributed by atoms with Crippen molar-refractivity contribution in [3.63, 3.8) is 0 Å². The molecule has 1 aromatic heterocycles. The van der Waals surface area contributed by atoms with Gasteiger partial charge in [-0.2, -0.15) is 0 Å². The summed E-state index contributed by atoms with van der Waals surface area (Å²) in [6.07, 6.45) is 3.49. The van der Waals surface area contributed by atoms with Gasteiger partial charge in [0.1, 0.15) is 5.69 Å². The van der Waals surface area contributed by atoms with Crippen LogP contribution in [0.15, 0.2) is 42.6 Å². The Balaban J connectivity index is 2.02. The summed E-state index contributed by atoms with van der Waals surface area (Å²) in [6, 6.07) is 11.1. The van der Waals surface area contributed by atoms with E-state index in [4.69, 9.17) is 0 Å². The number of nitrogens with one attached hydrogen (secondary N) is 1. The molecule has 5 nitrogen and oxygen atoms in total. The Hall–Kier alpha value is -2.69. The first-order valence-corrected chi connectivity index (χ1v) is 8.56. The van der Waals surface area contributed by atoms with Crippen molar-refractivity contribution in [1.82, 2.24) is 15.2 Å². The Kier molecular flexibility index (Phi) is 6.69. The van der Waals surface area contributed by atoms with Crippen LogP contribution in [-0.4, -0.2) is 35.3 Å². The predicted molar refractivity (Wildman–Crippen MR) is 98.5 cm³/mol. The molecule has 1 aromatic carbocycles. The van der Waals surface area contributed by atoms with Gasteiger partial charge in [0, 0.05) is 31.9 Å². The maximum absolute atomic E-state index is 12.4. The van der Waals surface area contributed by atoms with Crippen molar-refractivity contribution in [2.45, 2.75) is 33.2 Å². The van der Waals surface area contributed by atoms with Crippen molar-refractivity contribution in [3.05, 3.63) is 65.0 Å². The van der Waals surface area contributed by atoms with Crippen molar-refractivity contribution >= 4 is 11.8 Å². The van der Waals surface area contributed by atoms with Crippen LogP contribution in [0.2, 0.25) is 0 Å². The second-order valence-corrected chi connectivity index (χ2v) is 6.18. The van der Waals surface area contributed by atoms with Crippen LogP contribution >= 0.6 is 0 Å². The Morgan fingerprint density at radius 1 is 1.20 bits per heavy atom. The highest BCUT2D eigenvalue weighted by Crippen LogP contribution is 2.08. The zero-order valence-electron chi connectivity index (χ0n) is 15.1. The van der Waals surface area contributed by atoms with Gasteiger partial charge in [-0.15, -0.1) is 0 Å². The molecule has 0 bridgehead atoms. The van der Waals surface area contributed by atoms with E-state index in [0.29, 0.717) is 18.7 Å². The summed E-state index contributed by atoms with van der Waals surface area (Å²) in [4.78, 5) is 30.5. The molecule has 0 spiro atoms. The fraction of sp³-hybridized carbons (Fsp3) is 0.350. The number of carbonyl (C=O) groups is 2. The first kappa shape index (κ1) is 18.6. The molecule has 0 aliphatic rings. The summed E-state index contributed by atoms with van der Waals surface area (Å²) in [7, 11) is 1.77. The topological polar surface area (TPSA) is 62.3 Å². The van der Waals surface area contributed by atoms with Crippen LogP contribution < -0.4 is 5.32 Å². The highest BCUT2D eigenvalue weighted by atomic mass is 16.2. The van der Waals surface area contributed by atoms with Crippen molar-refractivity contribution in [1.29, 1.82) is 0 Å². The molecule has 0 radical (unpaired) electrons. The van der Waals surface area contributed by atoms with Gasteiger partial charge in [-0.1, -0.05) is 43.2 Å². The molecule has 2 aromatic rings. The van der Waals surface area contributed by atoms with Crippen LogP contribution in [0.25, 0.3) is 0 Å². The Labute approximate surface area is 149 Å². The number of pyridine rings is 1. The van der Waals surface area contributed by atoms with Crippen molar-refractivity contribution in [2.24, 2.45) is 0 Å². The van der Waals surface area contributed by atoms with E-state index >= 15 is 0 Å². The quantitative estimate of drug-likeness (QED) is 0.842. The molecular weight excluding hydrogens is 314 g/mol. The predicted octanol–water partition coefficient (Wildman–Crippen LogP) is 3.19. The second-order valence-electron chi connectivity index (χ2n) is 6.18. The first-order chi connectivity index (χ1) is 12.0. The number of benzene rings is 1. The minimum Gasteiger partial charge on any atom is -0.347 e.